The Bertz CT molecular complexity index is 1300. The lowest BCUT2D eigenvalue weighted by molar-refractivity contribution is -0.130. The number of methoxy groups -OCH3 is 2. The van der Waals surface area contributed by atoms with Gasteiger partial charge in [0.2, 0.25) is 0 Å². The van der Waals surface area contributed by atoms with Crippen LogP contribution >= 0.6 is 23.1 Å². The zero-order valence-electron chi connectivity index (χ0n) is 18.3. The van der Waals surface area contributed by atoms with Crippen molar-refractivity contribution in [3.8, 4) is 23.0 Å². The number of hydrogen-bond donors (Lipinski definition) is 0. The van der Waals surface area contributed by atoms with Gasteiger partial charge in [0.15, 0.2) is 0 Å². The molecule has 1 aromatic carbocycles. The zero-order chi connectivity index (χ0) is 23.5. The molecular formula is C23H20N4O5S2. The fourth-order valence-electron chi connectivity index (χ4n) is 3.58. The summed E-state index contributed by atoms with van der Waals surface area (Å²) in [6.45, 7) is 0. The van der Waals surface area contributed by atoms with Gasteiger partial charge in [-0.05, 0) is 35.7 Å². The number of thiophene rings is 1. The van der Waals surface area contributed by atoms with Crippen LogP contribution in [-0.4, -0.2) is 46.8 Å². The van der Waals surface area contributed by atoms with Gasteiger partial charge in [-0.1, -0.05) is 17.8 Å². The van der Waals surface area contributed by atoms with Crippen LogP contribution in [0.25, 0.3) is 11.5 Å². The predicted molar refractivity (Wildman–Crippen MR) is 127 cm³/mol. The van der Waals surface area contributed by atoms with E-state index in [2.05, 4.69) is 15.3 Å². The molecule has 0 N–H and O–H groups in total. The summed E-state index contributed by atoms with van der Waals surface area (Å²) in [6, 6.07) is 12.6. The number of hydrazone groups is 1. The van der Waals surface area contributed by atoms with Crippen LogP contribution in [0.4, 0.5) is 0 Å². The van der Waals surface area contributed by atoms with Crippen LogP contribution in [0.15, 0.2) is 73.3 Å². The number of carbonyl (C=O) groups is 1. The molecule has 0 fully saturated rings. The van der Waals surface area contributed by atoms with Crippen molar-refractivity contribution in [2.45, 2.75) is 17.7 Å². The van der Waals surface area contributed by atoms with E-state index in [1.165, 1.54) is 5.01 Å². The van der Waals surface area contributed by atoms with Crippen LogP contribution in [0.5, 0.6) is 11.5 Å². The van der Waals surface area contributed by atoms with Crippen molar-refractivity contribution in [3.63, 3.8) is 0 Å². The number of rotatable bonds is 8. The van der Waals surface area contributed by atoms with E-state index >= 15 is 0 Å². The minimum absolute atomic E-state index is 0.0831. The first kappa shape index (κ1) is 22.2. The zero-order valence-corrected chi connectivity index (χ0v) is 20.0. The number of amides is 1. The quantitative estimate of drug-likeness (QED) is 0.318. The van der Waals surface area contributed by atoms with Crippen LogP contribution in [-0.2, 0) is 4.79 Å². The van der Waals surface area contributed by atoms with E-state index in [-0.39, 0.29) is 22.9 Å². The molecule has 0 aliphatic carbocycles. The lowest BCUT2D eigenvalue weighted by atomic mass is 10.1. The van der Waals surface area contributed by atoms with Crippen LogP contribution in [0.1, 0.15) is 23.1 Å². The largest absolute Gasteiger partial charge is 0.497 e. The number of furan rings is 1. The van der Waals surface area contributed by atoms with Gasteiger partial charge in [-0.15, -0.1) is 21.5 Å². The van der Waals surface area contributed by atoms with Crippen LogP contribution in [0, 0.1) is 0 Å². The maximum absolute atomic E-state index is 13.1. The van der Waals surface area contributed by atoms with E-state index in [0.717, 1.165) is 22.4 Å². The summed E-state index contributed by atoms with van der Waals surface area (Å²) in [5.41, 5.74) is 1.50. The Hall–Kier alpha value is -3.57. The molecule has 1 atom stereocenters. The van der Waals surface area contributed by atoms with Crippen molar-refractivity contribution in [3.05, 3.63) is 64.7 Å². The summed E-state index contributed by atoms with van der Waals surface area (Å²) in [4.78, 5) is 14.2. The third kappa shape index (κ3) is 4.44. The van der Waals surface area contributed by atoms with Crippen molar-refractivity contribution in [1.82, 2.24) is 15.2 Å². The Labute approximate surface area is 203 Å². The second-order valence-corrected chi connectivity index (χ2v) is 9.10. The Morgan fingerprint density at radius 2 is 2.12 bits per heavy atom. The molecule has 174 valence electrons. The van der Waals surface area contributed by atoms with Gasteiger partial charge in [-0.2, -0.15) is 5.10 Å². The molecule has 4 heterocycles. The predicted octanol–water partition coefficient (Wildman–Crippen LogP) is 4.88. The lowest BCUT2D eigenvalue weighted by Crippen LogP contribution is -2.28. The van der Waals surface area contributed by atoms with E-state index in [9.17, 15) is 4.79 Å². The Morgan fingerprint density at radius 1 is 1.21 bits per heavy atom. The lowest BCUT2D eigenvalue weighted by Gasteiger charge is -2.19. The molecule has 34 heavy (non-hydrogen) atoms. The first-order valence-electron chi connectivity index (χ1n) is 10.3. The normalized spacial score (nSPS) is 15.4. The van der Waals surface area contributed by atoms with Crippen LogP contribution in [0.3, 0.4) is 0 Å². The van der Waals surface area contributed by atoms with E-state index < -0.39 is 0 Å². The molecule has 0 saturated heterocycles. The Kier molecular flexibility index (Phi) is 6.37. The molecule has 0 spiro atoms. The second kappa shape index (κ2) is 9.74. The van der Waals surface area contributed by atoms with Gasteiger partial charge >= 0.3 is 0 Å². The minimum Gasteiger partial charge on any atom is -0.497 e. The summed E-state index contributed by atoms with van der Waals surface area (Å²) in [5.74, 6) is 2.09. The Balaban J connectivity index is 1.30. The maximum atomic E-state index is 13.1. The molecule has 0 saturated carbocycles. The highest BCUT2D eigenvalue weighted by Gasteiger charge is 2.35. The van der Waals surface area contributed by atoms with E-state index in [1.807, 2.05) is 29.6 Å². The molecular weight excluding hydrogens is 476 g/mol. The minimum atomic E-state index is -0.290. The monoisotopic (exact) mass is 496 g/mol. The van der Waals surface area contributed by atoms with Crippen molar-refractivity contribution in [2.75, 3.05) is 20.0 Å². The van der Waals surface area contributed by atoms with Gasteiger partial charge in [-0.25, -0.2) is 5.01 Å². The fraction of sp³-hybridized carbons (Fsp3) is 0.217. The third-order valence-electron chi connectivity index (χ3n) is 5.21. The van der Waals surface area contributed by atoms with Gasteiger partial charge in [0.1, 0.15) is 23.3 Å². The molecule has 0 radical (unpaired) electrons. The average molecular weight is 497 g/mol. The number of nitrogens with zero attached hydrogens (tertiary/aromatic N) is 4. The smallest absolute Gasteiger partial charge is 0.277 e. The standard InChI is InChI=1S/C23H20N4O5S2/c1-29-14-7-8-15(19(11-14)30-2)22-24-25-23(32-22)34-13-21(28)27-17(18-5-3-9-31-18)12-16(26-27)20-6-4-10-33-20/h3-11,17H,12-13H2,1-2H3/t17-/m0/s1. The molecule has 9 nitrogen and oxygen atoms in total. The number of carbonyl (C=O) groups excluding carboxylic acids is 1. The highest BCUT2D eigenvalue weighted by Crippen LogP contribution is 2.36. The highest BCUT2D eigenvalue weighted by atomic mass is 32.2. The van der Waals surface area contributed by atoms with Gasteiger partial charge in [0, 0.05) is 12.5 Å². The van der Waals surface area contributed by atoms with Gasteiger partial charge in [-0.3, -0.25) is 4.79 Å². The van der Waals surface area contributed by atoms with Gasteiger partial charge < -0.3 is 18.3 Å². The number of aromatic nitrogens is 2. The van der Waals surface area contributed by atoms with Crippen molar-refractivity contribution < 1.29 is 23.1 Å². The first-order valence-corrected chi connectivity index (χ1v) is 12.2. The summed E-state index contributed by atoms with van der Waals surface area (Å²) in [5, 5.41) is 16.5. The van der Waals surface area contributed by atoms with Gasteiger partial charge in [0.25, 0.3) is 17.0 Å². The maximum Gasteiger partial charge on any atom is 0.277 e. The number of hydrogen-bond acceptors (Lipinski definition) is 10. The van der Waals surface area contributed by atoms with Crippen LogP contribution in [0.2, 0.25) is 0 Å². The van der Waals surface area contributed by atoms with E-state index in [1.54, 1.807) is 50.0 Å². The van der Waals surface area contributed by atoms with Crippen molar-refractivity contribution in [1.29, 1.82) is 0 Å². The van der Waals surface area contributed by atoms with Gasteiger partial charge in [0.05, 0.1) is 42.4 Å². The summed E-state index contributed by atoms with van der Waals surface area (Å²) >= 11 is 2.75. The molecule has 0 bridgehead atoms. The molecule has 1 aliphatic heterocycles. The SMILES string of the molecule is COc1ccc(-c2nnc(SCC(=O)N3N=C(c4cccs4)C[C@H]3c3ccco3)o2)c(OC)c1. The Morgan fingerprint density at radius 3 is 2.85 bits per heavy atom. The summed E-state index contributed by atoms with van der Waals surface area (Å²) in [6.07, 6.45) is 2.19. The number of ether oxygens (including phenoxy) is 2. The molecule has 0 unspecified atom stereocenters. The van der Waals surface area contributed by atoms with Crippen molar-refractivity contribution in [2.24, 2.45) is 5.10 Å². The second-order valence-electron chi connectivity index (χ2n) is 7.23. The first-order chi connectivity index (χ1) is 16.7. The third-order valence-corrected chi connectivity index (χ3v) is 6.93. The average Bonchev–Trinajstić information content (AvgIpc) is 3.68. The van der Waals surface area contributed by atoms with Crippen LogP contribution < -0.4 is 9.47 Å². The topological polar surface area (TPSA) is 103 Å². The van der Waals surface area contributed by atoms with E-state index in [0.29, 0.717) is 35.1 Å². The molecule has 4 aromatic rings. The molecule has 1 aliphatic rings. The molecule has 5 rings (SSSR count). The summed E-state index contributed by atoms with van der Waals surface area (Å²) < 4.78 is 22.0. The van der Waals surface area contributed by atoms with E-state index in [4.69, 9.17) is 18.3 Å². The molecule has 3 aromatic heterocycles. The number of benzene rings is 1. The highest BCUT2D eigenvalue weighted by molar-refractivity contribution is 7.99. The summed E-state index contributed by atoms with van der Waals surface area (Å²) in [7, 11) is 3.14. The number of thioether (sulfide) groups is 1. The molecule has 1 amide bonds. The van der Waals surface area contributed by atoms with Crippen molar-refractivity contribution >= 4 is 34.7 Å². The molecule has 11 heteroatoms. The fourth-order valence-corrected chi connectivity index (χ4v) is 4.91.